The number of nitrogens with one attached hydrogen (secondary N) is 1. The van der Waals surface area contributed by atoms with E-state index in [-0.39, 0.29) is 17.2 Å². The average Bonchev–Trinajstić information content (AvgIpc) is 2.97. The summed E-state index contributed by atoms with van der Waals surface area (Å²) in [5, 5.41) is 4.56. The Kier molecular flexibility index (Phi) is 5.12. The summed E-state index contributed by atoms with van der Waals surface area (Å²) in [5.74, 6) is 0.937. The fourth-order valence-electron chi connectivity index (χ4n) is 3.64. The molecule has 1 N–H and O–H groups in total. The number of benzene rings is 1. The van der Waals surface area contributed by atoms with E-state index in [2.05, 4.69) is 23.7 Å². The molecule has 0 fully saturated rings. The van der Waals surface area contributed by atoms with Crippen LogP contribution in [-0.4, -0.2) is 31.1 Å². The van der Waals surface area contributed by atoms with E-state index in [1.807, 2.05) is 35.9 Å². The summed E-state index contributed by atoms with van der Waals surface area (Å²) in [4.78, 5) is 0. The molecule has 0 saturated heterocycles. The first-order chi connectivity index (χ1) is 12.2. The van der Waals surface area contributed by atoms with Gasteiger partial charge in [0.1, 0.15) is 5.75 Å². The minimum atomic E-state index is -3.29. The van der Waals surface area contributed by atoms with Crippen LogP contribution in [0.2, 0.25) is 0 Å². The molecule has 1 aromatic heterocycles. The van der Waals surface area contributed by atoms with Crippen LogP contribution in [0.25, 0.3) is 5.69 Å². The number of ether oxygens (including phenoxy) is 1. The third-order valence-corrected chi connectivity index (χ3v) is 6.38. The Hall–Kier alpha value is -1.86. The van der Waals surface area contributed by atoms with Gasteiger partial charge in [-0.3, -0.25) is 0 Å². The van der Waals surface area contributed by atoms with Crippen LogP contribution < -0.4 is 9.46 Å². The lowest BCUT2D eigenvalue weighted by molar-refractivity contribution is 0.268. The van der Waals surface area contributed by atoms with Crippen molar-refractivity contribution in [2.75, 3.05) is 12.9 Å². The van der Waals surface area contributed by atoms with Gasteiger partial charge >= 0.3 is 0 Å². The highest BCUT2D eigenvalue weighted by atomic mass is 32.2. The first-order valence-corrected chi connectivity index (χ1v) is 10.6. The molecular weight excluding hydrogens is 350 g/mol. The van der Waals surface area contributed by atoms with Crippen LogP contribution in [0.4, 0.5) is 0 Å². The number of hydrogen-bond donors (Lipinski definition) is 1. The second-order valence-electron chi connectivity index (χ2n) is 7.69. The Morgan fingerprint density at radius 2 is 2.00 bits per heavy atom. The molecule has 1 unspecified atom stereocenters. The molecule has 0 aliphatic heterocycles. The van der Waals surface area contributed by atoms with Gasteiger partial charge < -0.3 is 4.74 Å². The van der Waals surface area contributed by atoms with Gasteiger partial charge in [-0.2, -0.15) is 5.10 Å². The predicted molar refractivity (Wildman–Crippen MR) is 102 cm³/mol. The molecule has 1 aliphatic carbocycles. The van der Waals surface area contributed by atoms with Crippen molar-refractivity contribution in [3.05, 3.63) is 41.7 Å². The summed E-state index contributed by atoms with van der Waals surface area (Å²) in [5.41, 5.74) is 2.96. The first kappa shape index (κ1) is 18.9. The molecule has 142 valence electrons. The molecule has 0 bridgehead atoms. The van der Waals surface area contributed by atoms with Crippen LogP contribution in [0.5, 0.6) is 5.75 Å². The Morgan fingerprint density at radius 1 is 1.31 bits per heavy atom. The lowest BCUT2D eigenvalue weighted by Crippen LogP contribution is -2.37. The summed E-state index contributed by atoms with van der Waals surface area (Å²) in [6, 6.07) is 7.49. The van der Waals surface area contributed by atoms with Gasteiger partial charge in [0, 0.05) is 11.3 Å². The first-order valence-electron chi connectivity index (χ1n) is 8.96. The van der Waals surface area contributed by atoms with Crippen molar-refractivity contribution in [2.45, 2.75) is 46.1 Å². The van der Waals surface area contributed by atoms with Crippen LogP contribution in [0.15, 0.2) is 30.5 Å². The van der Waals surface area contributed by atoms with Gasteiger partial charge in [0.15, 0.2) is 0 Å². The fraction of sp³-hybridized carbons (Fsp3) is 0.526. The highest BCUT2D eigenvalue weighted by molar-refractivity contribution is 7.89. The second-order valence-corrected chi connectivity index (χ2v) is 9.56. The summed E-state index contributed by atoms with van der Waals surface area (Å²) in [7, 11) is -1.65. The maximum Gasteiger partial charge on any atom is 0.212 e. The molecule has 1 aromatic carbocycles. The van der Waals surface area contributed by atoms with Gasteiger partial charge in [-0.25, -0.2) is 17.8 Å². The topological polar surface area (TPSA) is 73.2 Å². The van der Waals surface area contributed by atoms with Crippen molar-refractivity contribution < 1.29 is 13.2 Å². The maximum atomic E-state index is 12.3. The van der Waals surface area contributed by atoms with E-state index in [1.165, 1.54) is 0 Å². The zero-order chi connectivity index (χ0) is 18.9. The highest BCUT2D eigenvalue weighted by Gasteiger charge is 2.36. The second kappa shape index (κ2) is 7.04. The number of sulfonamides is 1. The third-order valence-electron chi connectivity index (χ3n) is 4.79. The summed E-state index contributed by atoms with van der Waals surface area (Å²) in [6.07, 6.45) is 4.01. The number of nitrogens with zero attached hydrogens (tertiary/aromatic N) is 2. The molecule has 1 heterocycles. The van der Waals surface area contributed by atoms with Crippen molar-refractivity contribution in [1.82, 2.24) is 14.5 Å². The van der Waals surface area contributed by atoms with E-state index in [0.29, 0.717) is 6.42 Å². The minimum Gasteiger partial charge on any atom is -0.497 e. The zero-order valence-corrected chi connectivity index (χ0v) is 16.6. The van der Waals surface area contributed by atoms with E-state index >= 15 is 0 Å². The van der Waals surface area contributed by atoms with Gasteiger partial charge in [0.25, 0.3) is 0 Å². The molecule has 0 spiro atoms. The average molecular weight is 378 g/mol. The molecule has 26 heavy (non-hydrogen) atoms. The van der Waals surface area contributed by atoms with Crippen molar-refractivity contribution in [3.63, 3.8) is 0 Å². The molecule has 0 radical (unpaired) electrons. The largest absolute Gasteiger partial charge is 0.497 e. The normalized spacial score (nSPS) is 19.2. The monoisotopic (exact) mass is 377 g/mol. The molecule has 1 atom stereocenters. The van der Waals surface area contributed by atoms with Gasteiger partial charge in [-0.1, -0.05) is 20.8 Å². The molecule has 6 nitrogen and oxygen atoms in total. The fourth-order valence-corrected chi connectivity index (χ4v) is 4.94. The maximum absolute atomic E-state index is 12.3. The summed E-state index contributed by atoms with van der Waals surface area (Å²) in [6.45, 7) is 6.21. The van der Waals surface area contributed by atoms with Crippen LogP contribution in [0.1, 0.15) is 50.9 Å². The van der Waals surface area contributed by atoms with Gasteiger partial charge in [-0.15, -0.1) is 0 Å². The Labute approximate surface area is 155 Å². The van der Waals surface area contributed by atoms with Crippen molar-refractivity contribution >= 4 is 10.0 Å². The lowest BCUT2D eigenvalue weighted by atomic mass is 9.74. The van der Waals surface area contributed by atoms with Crippen LogP contribution in [-0.2, 0) is 16.4 Å². The molecule has 1 aliphatic rings. The number of fused-ring (bicyclic) bond motifs is 1. The molecular formula is C19H27N3O3S. The van der Waals surface area contributed by atoms with E-state index in [4.69, 9.17) is 4.74 Å². The number of methoxy groups -OCH3 is 1. The number of hydrogen-bond acceptors (Lipinski definition) is 4. The smallest absolute Gasteiger partial charge is 0.212 e. The summed E-state index contributed by atoms with van der Waals surface area (Å²) >= 11 is 0. The van der Waals surface area contributed by atoms with Crippen LogP contribution >= 0.6 is 0 Å². The molecule has 2 aromatic rings. The quantitative estimate of drug-likeness (QED) is 0.839. The Balaban J connectivity index is 1.98. The lowest BCUT2D eigenvalue weighted by Gasteiger charge is -2.35. The zero-order valence-electron chi connectivity index (χ0n) is 15.8. The van der Waals surface area contributed by atoms with E-state index in [1.54, 1.807) is 13.3 Å². The van der Waals surface area contributed by atoms with Gasteiger partial charge in [0.05, 0.1) is 30.8 Å². The van der Waals surface area contributed by atoms with Crippen LogP contribution in [0, 0.1) is 5.41 Å². The van der Waals surface area contributed by atoms with Gasteiger partial charge in [-0.05, 0) is 48.9 Å². The predicted octanol–water partition coefficient (Wildman–Crippen LogP) is 3.22. The summed E-state index contributed by atoms with van der Waals surface area (Å²) < 4.78 is 34.7. The van der Waals surface area contributed by atoms with Crippen molar-refractivity contribution in [3.8, 4) is 11.4 Å². The van der Waals surface area contributed by atoms with E-state index in [9.17, 15) is 8.42 Å². The third kappa shape index (κ3) is 3.94. The van der Waals surface area contributed by atoms with E-state index in [0.717, 1.165) is 35.5 Å². The Bertz CT molecular complexity index is 870. The number of rotatable bonds is 6. The molecule has 3 rings (SSSR count). The molecule has 0 saturated carbocycles. The highest BCUT2D eigenvalue weighted by Crippen LogP contribution is 2.41. The minimum absolute atomic E-state index is 0.0172. The SMILES string of the molecule is CCCS(=O)(=O)NC1CC(C)(C)Cc2c1cnn2-c1ccc(OC)cc1. The van der Waals surface area contributed by atoms with Crippen LogP contribution in [0.3, 0.4) is 0 Å². The van der Waals surface area contributed by atoms with E-state index < -0.39 is 10.0 Å². The van der Waals surface area contributed by atoms with Crippen molar-refractivity contribution in [2.24, 2.45) is 5.41 Å². The molecule has 7 heteroatoms. The Morgan fingerprint density at radius 3 is 2.62 bits per heavy atom. The molecule has 0 amide bonds. The standard InChI is InChI=1S/C19H27N3O3S/c1-5-10-26(23,24)21-17-11-19(2,3)12-18-16(17)13-20-22(18)14-6-8-15(25-4)9-7-14/h6-9,13,17,21H,5,10-12H2,1-4H3. The van der Waals surface area contributed by atoms with Gasteiger partial charge in [0.2, 0.25) is 10.0 Å². The number of aromatic nitrogens is 2. The van der Waals surface area contributed by atoms with Crippen molar-refractivity contribution in [1.29, 1.82) is 0 Å².